The number of ketones is 1. The van der Waals surface area contributed by atoms with Crippen LogP contribution in [0.4, 0.5) is 11.4 Å². The van der Waals surface area contributed by atoms with Gasteiger partial charge in [0.25, 0.3) is 5.91 Å². The number of benzene rings is 3. The molecule has 0 spiro atoms. The molecule has 3 aromatic carbocycles. The Balaban J connectivity index is 1.38. The Hall–Kier alpha value is -3.83. The normalized spacial score (nSPS) is 14.5. The van der Waals surface area contributed by atoms with E-state index in [1.54, 1.807) is 48.5 Å². The van der Waals surface area contributed by atoms with E-state index in [2.05, 4.69) is 21.3 Å². The van der Waals surface area contributed by atoms with E-state index >= 15 is 0 Å². The second-order valence-electron chi connectivity index (χ2n) is 7.67. The summed E-state index contributed by atoms with van der Waals surface area (Å²) >= 11 is 6.10. The second kappa shape index (κ2) is 8.36. The molecular weight excluding hydrogens is 422 g/mol. The molecular formula is C26H20ClN3O2. The summed E-state index contributed by atoms with van der Waals surface area (Å²) < 4.78 is 2.10. The fraction of sp³-hybridized carbons (Fsp3) is 0.0769. The summed E-state index contributed by atoms with van der Waals surface area (Å²) in [6.07, 6.45) is 1.99. The number of nitrogens with one attached hydrogen (secondary N) is 2. The molecule has 2 N–H and O–H groups in total. The molecule has 0 aliphatic carbocycles. The number of halogens is 1. The van der Waals surface area contributed by atoms with E-state index in [9.17, 15) is 9.59 Å². The Morgan fingerprint density at radius 1 is 0.906 bits per heavy atom. The number of amides is 1. The fourth-order valence-corrected chi connectivity index (χ4v) is 4.20. The van der Waals surface area contributed by atoms with E-state index in [1.165, 1.54) is 0 Å². The van der Waals surface area contributed by atoms with Crippen LogP contribution in [0.5, 0.6) is 0 Å². The molecule has 6 heteroatoms. The van der Waals surface area contributed by atoms with E-state index in [-0.39, 0.29) is 11.7 Å². The van der Waals surface area contributed by atoms with E-state index in [0.29, 0.717) is 28.4 Å². The van der Waals surface area contributed by atoms with Crippen LogP contribution in [-0.4, -0.2) is 16.3 Å². The molecule has 0 saturated heterocycles. The van der Waals surface area contributed by atoms with Crippen LogP contribution < -0.4 is 10.6 Å². The zero-order chi connectivity index (χ0) is 22.1. The lowest BCUT2D eigenvalue weighted by Crippen LogP contribution is -2.22. The average molecular weight is 442 g/mol. The van der Waals surface area contributed by atoms with Crippen molar-refractivity contribution >= 4 is 34.7 Å². The third-order valence-electron chi connectivity index (χ3n) is 5.63. The smallest absolute Gasteiger partial charge is 0.257 e. The summed E-state index contributed by atoms with van der Waals surface area (Å²) in [6.45, 7) is 0.711. The number of hydrogen-bond acceptors (Lipinski definition) is 3. The van der Waals surface area contributed by atoms with Gasteiger partial charge >= 0.3 is 0 Å². The van der Waals surface area contributed by atoms with Gasteiger partial charge in [0.05, 0.1) is 10.6 Å². The topological polar surface area (TPSA) is 63.1 Å². The minimum absolute atomic E-state index is 0.0365. The summed E-state index contributed by atoms with van der Waals surface area (Å²) in [5.41, 5.74) is 4.56. The molecule has 2 heterocycles. The van der Waals surface area contributed by atoms with Gasteiger partial charge in [-0.2, -0.15) is 0 Å². The number of carbonyl (C=O) groups is 2. The van der Waals surface area contributed by atoms with Crippen LogP contribution in [0.2, 0.25) is 5.02 Å². The number of fused-ring (bicyclic) bond motifs is 2. The Kier molecular flexibility index (Phi) is 5.25. The van der Waals surface area contributed by atoms with Crippen molar-refractivity contribution in [3.8, 4) is 0 Å². The number of aromatic nitrogens is 1. The quantitative estimate of drug-likeness (QED) is 0.394. The summed E-state index contributed by atoms with van der Waals surface area (Å²) in [5, 5.41) is 6.63. The highest BCUT2D eigenvalue weighted by Crippen LogP contribution is 2.31. The zero-order valence-electron chi connectivity index (χ0n) is 17.1. The Labute approximate surface area is 190 Å². The highest BCUT2D eigenvalue weighted by atomic mass is 35.5. The van der Waals surface area contributed by atoms with Gasteiger partial charge < -0.3 is 15.2 Å². The number of rotatable bonds is 4. The Bertz CT molecular complexity index is 1310. The SMILES string of the molecule is O=C(Nc1ccc(C(=O)C2Nc3ccccc3Cn3cccc32)cc1)c1ccccc1Cl. The van der Waals surface area contributed by atoms with Crippen molar-refractivity contribution in [3.63, 3.8) is 0 Å². The van der Waals surface area contributed by atoms with Crippen LogP contribution in [0.25, 0.3) is 0 Å². The van der Waals surface area contributed by atoms with Crippen molar-refractivity contribution in [2.45, 2.75) is 12.6 Å². The van der Waals surface area contributed by atoms with E-state index in [4.69, 9.17) is 11.6 Å². The highest BCUT2D eigenvalue weighted by molar-refractivity contribution is 6.34. The number of nitrogens with zero attached hydrogens (tertiary/aromatic N) is 1. The largest absolute Gasteiger partial charge is 0.370 e. The minimum Gasteiger partial charge on any atom is -0.370 e. The first kappa shape index (κ1) is 20.1. The van der Waals surface area contributed by atoms with E-state index in [0.717, 1.165) is 16.9 Å². The van der Waals surface area contributed by atoms with Crippen LogP contribution in [0.3, 0.4) is 0 Å². The molecule has 1 aromatic heterocycles. The van der Waals surface area contributed by atoms with Gasteiger partial charge in [-0.15, -0.1) is 0 Å². The average Bonchev–Trinajstić information content (AvgIpc) is 3.20. The predicted octanol–water partition coefficient (Wildman–Crippen LogP) is 5.79. The standard InChI is InChI=1S/C26H20ClN3O2/c27-21-8-3-2-7-20(21)26(32)28-19-13-11-17(12-14-19)25(31)24-23-10-5-15-30(23)16-18-6-1-4-9-22(18)29-24/h1-15,24,29H,16H2,(H,28,32). The van der Waals surface area contributed by atoms with Gasteiger partial charge in [-0.3, -0.25) is 9.59 Å². The molecule has 1 aliphatic heterocycles. The third kappa shape index (κ3) is 3.79. The third-order valence-corrected chi connectivity index (χ3v) is 5.96. The van der Waals surface area contributed by atoms with Crippen molar-refractivity contribution < 1.29 is 9.59 Å². The van der Waals surface area contributed by atoms with E-state index in [1.807, 2.05) is 36.5 Å². The van der Waals surface area contributed by atoms with Crippen LogP contribution in [0.15, 0.2) is 91.1 Å². The van der Waals surface area contributed by atoms with Crippen LogP contribution in [0.1, 0.15) is 38.0 Å². The molecule has 158 valence electrons. The number of carbonyl (C=O) groups excluding carboxylic acids is 2. The molecule has 0 bridgehead atoms. The van der Waals surface area contributed by atoms with Crippen molar-refractivity contribution in [3.05, 3.63) is 119 Å². The number of Topliss-reactive ketones (excluding diaryl/α,β-unsaturated/α-hetero) is 1. The van der Waals surface area contributed by atoms with Gasteiger partial charge in [-0.25, -0.2) is 0 Å². The Morgan fingerprint density at radius 3 is 2.47 bits per heavy atom. The maximum absolute atomic E-state index is 13.4. The fourth-order valence-electron chi connectivity index (χ4n) is 3.97. The van der Waals surface area contributed by atoms with Gasteiger partial charge in [-0.1, -0.05) is 41.9 Å². The molecule has 0 fully saturated rings. The molecule has 1 atom stereocenters. The summed E-state index contributed by atoms with van der Waals surface area (Å²) in [7, 11) is 0. The van der Waals surface area contributed by atoms with Crippen LogP contribution in [-0.2, 0) is 6.54 Å². The molecule has 1 unspecified atom stereocenters. The van der Waals surface area contributed by atoms with Crippen molar-refractivity contribution in [2.75, 3.05) is 10.6 Å². The number of hydrogen-bond donors (Lipinski definition) is 2. The molecule has 5 nitrogen and oxygen atoms in total. The molecule has 0 saturated carbocycles. The van der Waals surface area contributed by atoms with Gasteiger partial charge in [0.1, 0.15) is 6.04 Å². The molecule has 4 aromatic rings. The second-order valence-corrected chi connectivity index (χ2v) is 8.08. The van der Waals surface area contributed by atoms with Crippen molar-refractivity contribution in [1.29, 1.82) is 0 Å². The van der Waals surface area contributed by atoms with Crippen LogP contribution >= 0.6 is 11.6 Å². The van der Waals surface area contributed by atoms with Gasteiger partial charge in [0, 0.05) is 35.4 Å². The summed E-state index contributed by atoms with van der Waals surface area (Å²) in [6, 6.07) is 25.2. The number of anilines is 2. The first-order chi connectivity index (χ1) is 15.6. The molecule has 5 rings (SSSR count). The lowest BCUT2D eigenvalue weighted by Gasteiger charge is -2.18. The van der Waals surface area contributed by atoms with Gasteiger partial charge in [0.15, 0.2) is 5.78 Å². The zero-order valence-corrected chi connectivity index (χ0v) is 17.8. The highest BCUT2D eigenvalue weighted by Gasteiger charge is 2.28. The van der Waals surface area contributed by atoms with Gasteiger partial charge in [-0.05, 0) is 60.2 Å². The lowest BCUT2D eigenvalue weighted by atomic mass is 10.0. The molecule has 1 amide bonds. The first-order valence-corrected chi connectivity index (χ1v) is 10.7. The molecule has 0 radical (unpaired) electrons. The van der Waals surface area contributed by atoms with Crippen LogP contribution in [0, 0.1) is 0 Å². The predicted molar refractivity (Wildman–Crippen MR) is 127 cm³/mol. The summed E-state index contributed by atoms with van der Waals surface area (Å²) in [5.74, 6) is -0.333. The van der Waals surface area contributed by atoms with Crippen molar-refractivity contribution in [1.82, 2.24) is 4.57 Å². The maximum Gasteiger partial charge on any atom is 0.257 e. The Morgan fingerprint density at radius 2 is 1.66 bits per heavy atom. The molecule has 1 aliphatic rings. The molecule has 32 heavy (non-hydrogen) atoms. The number of para-hydroxylation sites is 1. The summed E-state index contributed by atoms with van der Waals surface area (Å²) in [4.78, 5) is 25.9. The first-order valence-electron chi connectivity index (χ1n) is 10.3. The maximum atomic E-state index is 13.4. The van der Waals surface area contributed by atoms with E-state index < -0.39 is 6.04 Å². The van der Waals surface area contributed by atoms with Crippen molar-refractivity contribution in [2.24, 2.45) is 0 Å². The monoisotopic (exact) mass is 441 g/mol. The minimum atomic E-state index is -0.503. The lowest BCUT2D eigenvalue weighted by molar-refractivity contribution is 0.0966. The van der Waals surface area contributed by atoms with Gasteiger partial charge in [0.2, 0.25) is 0 Å².